The summed E-state index contributed by atoms with van der Waals surface area (Å²) in [5.74, 6) is -0.493. The van der Waals surface area contributed by atoms with Crippen molar-refractivity contribution in [3.63, 3.8) is 0 Å². The van der Waals surface area contributed by atoms with Crippen LogP contribution < -0.4 is 10.2 Å². The fraction of sp³-hybridized carbons (Fsp3) is 0.500. The minimum atomic E-state index is -0.353. The van der Waals surface area contributed by atoms with Crippen molar-refractivity contribution in [2.75, 3.05) is 16.8 Å². The monoisotopic (exact) mass is 384 g/mol. The summed E-state index contributed by atoms with van der Waals surface area (Å²) in [4.78, 5) is 26.8. The van der Waals surface area contributed by atoms with Gasteiger partial charge in [-0.1, -0.05) is 30.7 Å². The number of nitrogens with one attached hydrogen (secondary N) is 1. The molecule has 1 atom stereocenters. The second-order valence-electron chi connectivity index (χ2n) is 7.31. The summed E-state index contributed by atoms with van der Waals surface area (Å²) >= 11 is 1.42. The van der Waals surface area contributed by atoms with E-state index in [2.05, 4.69) is 34.6 Å². The van der Waals surface area contributed by atoms with E-state index in [4.69, 9.17) is 0 Å². The molecule has 0 bridgehead atoms. The molecule has 1 aliphatic carbocycles. The van der Waals surface area contributed by atoms with Crippen LogP contribution in [0.2, 0.25) is 0 Å². The molecule has 27 heavy (non-hydrogen) atoms. The van der Waals surface area contributed by atoms with Gasteiger partial charge in [0.05, 0.1) is 5.92 Å². The van der Waals surface area contributed by atoms with E-state index < -0.39 is 0 Å². The Labute approximate surface area is 163 Å². The average molecular weight is 385 g/mol. The van der Waals surface area contributed by atoms with Crippen LogP contribution >= 0.6 is 11.3 Å². The number of fused-ring (bicyclic) bond motifs is 1. The van der Waals surface area contributed by atoms with E-state index in [-0.39, 0.29) is 24.2 Å². The predicted octanol–water partition coefficient (Wildman–Crippen LogP) is 3.36. The van der Waals surface area contributed by atoms with Crippen LogP contribution in [0, 0.1) is 5.92 Å². The molecule has 7 heteroatoms. The Hall–Kier alpha value is -2.28. The lowest BCUT2D eigenvalue weighted by atomic mass is 10.1. The molecule has 6 nitrogen and oxygen atoms in total. The Morgan fingerprint density at radius 1 is 1.30 bits per heavy atom. The molecule has 0 radical (unpaired) electrons. The van der Waals surface area contributed by atoms with Crippen LogP contribution in [-0.4, -0.2) is 28.6 Å². The molecule has 1 fully saturated rings. The van der Waals surface area contributed by atoms with Gasteiger partial charge in [-0.3, -0.25) is 9.59 Å². The van der Waals surface area contributed by atoms with Gasteiger partial charge in [0.1, 0.15) is 5.01 Å². The fourth-order valence-corrected chi connectivity index (χ4v) is 4.58. The minimum absolute atomic E-state index is 0.00833. The Bertz CT molecular complexity index is 863. The zero-order valence-corrected chi connectivity index (χ0v) is 16.3. The highest BCUT2D eigenvalue weighted by Gasteiger charge is 2.35. The number of anilines is 2. The Morgan fingerprint density at radius 2 is 2.15 bits per heavy atom. The van der Waals surface area contributed by atoms with Gasteiger partial charge in [0.25, 0.3) is 0 Å². The van der Waals surface area contributed by atoms with E-state index in [1.54, 1.807) is 4.90 Å². The van der Waals surface area contributed by atoms with E-state index >= 15 is 0 Å². The van der Waals surface area contributed by atoms with Gasteiger partial charge in [-0.25, -0.2) is 0 Å². The largest absolute Gasteiger partial charge is 0.312 e. The Balaban J connectivity index is 1.39. The number of aromatic nitrogens is 2. The van der Waals surface area contributed by atoms with Gasteiger partial charge in [-0.05, 0) is 48.9 Å². The van der Waals surface area contributed by atoms with Gasteiger partial charge in [0.15, 0.2) is 0 Å². The highest BCUT2D eigenvalue weighted by atomic mass is 32.1. The molecule has 1 saturated heterocycles. The van der Waals surface area contributed by atoms with Crippen molar-refractivity contribution in [3.8, 4) is 0 Å². The van der Waals surface area contributed by atoms with Gasteiger partial charge < -0.3 is 10.2 Å². The number of hydrogen-bond acceptors (Lipinski definition) is 5. The molecule has 142 valence electrons. The highest BCUT2D eigenvalue weighted by molar-refractivity contribution is 7.15. The number of nitrogens with zero attached hydrogens (tertiary/aromatic N) is 3. The van der Waals surface area contributed by atoms with Crippen molar-refractivity contribution >= 4 is 34.0 Å². The maximum absolute atomic E-state index is 12.6. The molecule has 2 amide bonds. The van der Waals surface area contributed by atoms with E-state index in [0.29, 0.717) is 11.7 Å². The first-order chi connectivity index (χ1) is 13.1. The lowest BCUT2D eigenvalue weighted by molar-refractivity contribution is -0.122. The SMILES string of the molecule is CCCCc1nnc(NC(=O)C2CC(=O)N(c3ccc4c(c3)CCC4)C2)s1. The van der Waals surface area contributed by atoms with Crippen molar-refractivity contribution in [1.29, 1.82) is 0 Å². The van der Waals surface area contributed by atoms with Gasteiger partial charge in [-0.2, -0.15) is 0 Å². The number of benzene rings is 1. The smallest absolute Gasteiger partial charge is 0.231 e. The molecule has 0 saturated carbocycles. The fourth-order valence-electron chi connectivity index (χ4n) is 3.80. The van der Waals surface area contributed by atoms with Crippen molar-refractivity contribution in [3.05, 3.63) is 34.3 Å². The van der Waals surface area contributed by atoms with Crippen LogP contribution in [0.3, 0.4) is 0 Å². The zero-order valence-electron chi connectivity index (χ0n) is 15.5. The number of carbonyl (C=O) groups excluding carboxylic acids is 2. The molecular formula is C20H24N4O2S. The van der Waals surface area contributed by atoms with Crippen molar-refractivity contribution in [2.45, 2.75) is 51.9 Å². The molecule has 1 aromatic carbocycles. The molecule has 2 aromatic rings. The number of amides is 2. The number of hydrogen-bond donors (Lipinski definition) is 1. The average Bonchev–Trinajstić information content (AvgIpc) is 3.38. The summed E-state index contributed by atoms with van der Waals surface area (Å²) in [7, 11) is 0. The predicted molar refractivity (Wildman–Crippen MR) is 106 cm³/mol. The molecule has 1 N–H and O–H groups in total. The summed E-state index contributed by atoms with van der Waals surface area (Å²) < 4.78 is 0. The summed E-state index contributed by atoms with van der Waals surface area (Å²) in [6, 6.07) is 6.25. The number of aryl methyl sites for hydroxylation is 3. The second-order valence-corrected chi connectivity index (χ2v) is 8.37. The quantitative estimate of drug-likeness (QED) is 0.829. The van der Waals surface area contributed by atoms with Gasteiger partial charge in [0.2, 0.25) is 16.9 Å². The molecule has 1 aromatic heterocycles. The second kappa shape index (κ2) is 7.76. The molecule has 2 aliphatic rings. The standard InChI is InChI=1S/C20H24N4O2S/c1-2-3-7-17-22-23-20(27-17)21-19(26)15-11-18(25)24(12-15)16-9-8-13-5-4-6-14(13)10-16/h8-10,15H,2-7,11-12H2,1H3,(H,21,23,26). The van der Waals surface area contributed by atoms with Crippen LogP contribution in [-0.2, 0) is 28.9 Å². The summed E-state index contributed by atoms with van der Waals surface area (Å²) in [5, 5.41) is 12.5. The molecule has 0 spiro atoms. The molecule has 4 rings (SSSR count). The maximum Gasteiger partial charge on any atom is 0.231 e. The summed E-state index contributed by atoms with van der Waals surface area (Å²) in [6.45, 7) is 2.55. The Morgan fingerprint density at radius 3 is 3.00 bits per heavy atom. The van der Waals surface area contributed by atoms with Crippen LogP contribution in [0.5, 0.6) is 0 Å². The highest BCUT2D eigenvalue weighted by Crippen LogP contribution is 2.31. The topological polar surface area (TPSA) is 75.2 Å². The van der Waals surface area contributed by atoms with E-state index in [9.17, 15) is 9.59 Å². The van der Waals surface area contributed by atoms with Crippen LogP contribution in [0.25, 0.3) is 0 Å². The van der Waals surface area contributed by atoms with E-state index in [1.807, 2.05) is 6.07 Å². The number of unbranched alkanes of at least 4 members (excludes halogenated alkanes) is 1. The number of rotatable bonds is 6. The first-order valence-corrected chi connectivity index (χ1v) is 10.5. The van der Waals surface area contributed by atoms with Crippen LogP contribution in [0.15, 0.2) is 18.2 Å². The van der Waals surface area contributed by atoms with E-state index in [0.717, 1.165) is 42.8 Å². The Kier molecular flexibility index (Phi) is 5.20. The lowest BCUT2D eigenvalue weighted by Gasteiger charge is -2.17. The third kappa shape index (κ3) is 3.88. The number of carbonyl (C=O) groups is 2. The van der Waals surface area contributed by atoms with Crippen molar-refractivity contribution in [2.24, 2.45) is 5.92 Å². The molecule has 1 unspecified atom stereocenters. The third-order valence-corrected chi connectivity index (χ3v) is 6.23. The lowest BCUT2D eigenvalue weighted by Crippen LogP contribution is -2.28. The molecule has 1 aliphatic heterocycles. The summed E-state index contributed by atoms with van der Waals surface area (Å²) in [5.41, 5.74) is 3.63. The van der Waals surface area contributed by atoms with Crippen molar-refractivity contribution in [1.82, 2.24) is 10.2 Å². The van der Waals surface area contributed by atoms with E-state index in [1.165, 1.54) is 28.9 Å². The first-order valence-electron chi connectivity index (χ1n) is 9.69. The normalized spacial score (nSPS) is 18.8. The first kappa shape index (κ1) is 18.1. The molecular weight excluding hydrogens is 360 g/mol. The molecule has 2 heterocycles. The van der Waals surface area contributed by atoms with Crippen molar-refractivity contribution < 1.29 is 9.59 Å². The zero-order chi connectivity index (χ0) is 18.8. The third-order valence-electron chi connectivity index (χ3n) is 5.33. The summed E-state index contributed by atoms with van der Waals surface area (Å²) in [6.07, 6.45) is 6.67. The van der Waals surface area contributed by atoms with Gasteiger partial charge in [0, 0.05) is 25.1 Å². The van der Waals surface area contributed by atoms with Crippen LogP contribution in [0.4, 0.5) is 10.8 Å². The van der Waals surface area contributed by atoms with Gasteiger partial charge >= 0.3 is 0 Å². The minimum Gasteiger partial charge on any atom is -0.312 e. The van der Waals surface area contributed by atoms with Gasteiger partial charge in [-0.15, -0.1) is 10.2 Å². The maximum atomic E-state index is 12.6. The van der Waals surface area contributed by atoms with Crippen LogP contribution in [0.1, 0.15) is 48.7 Å².